The van der Waals surface area contributed by atoms with Gasteiger partial charge in [0.15, 0.2) is 0 Å². The molecular formula is C23H24N4O4. The zero-order chi connectivity index (χ0) is 22.2. The van der Waals surface area contributed by atoms with Gasteiger partial charge in [0.25, 0.3) is 11.8 Å². The third-order valence-corrected chi connectivity index (χ3v) is 4.44. The molecule has 0 fully saturated rings. The number of carbonyl (C=O) groups excluding carboxylic acids is 3. The topological polar surface area (TPSA) is 104 Å². The van der Waals surface area contributed by atoms with E-state index in [0.717, 1.165) is 0 Å². The first kappa shape index (κ1) is 21.6. The lowest BCUT2D eigenvalue weighted by atomic mass is 10.1. The molecule has 0 unspecified atom stereocenters. The smallest absolute Gasteiger partial charge is 0.253 e. The third-order valence-electron chi connectivity index (χ3n) is 4.44. The van der Waals surface area contributed by atoms with Crippen LogP contribution in [-0.2, 0) is 11.3 Å². The van der Waals surface area contributed by atoms with Gasteiger partial charge in [-0.05, 0) is 48.5 Å². The van der Waals surface area contributed by atoms with Crippen LogP contribution in [0.5, 0.6) is 0 Å². The van der Waals surface area contributed by atoms with E-state index >= 15 is 0 Å². The average Bonchev–Trinajstić information content (AvgIpc) is 3.30. The molecule has 3 amide bonds. The van der Waals surface area contributed by atoms with Gasteiger partial charge in [-0.25, -0.2) is 0 Å². The number of anilines is 2. The van der Waals surface area contributed by atoms with Gasteiger partial charge >= 0.3 is 0 Å². The van der Waals surface area contributed by atoms with Gasteiger partial charge in [-0.3, -0.25) is 14.4 Å². The normalized spacial score (nSPS) is 10.3. The second-order valence-electron chi connectivity index (χ2n) is 6.99. The van der Waals surface area contributed by atoms with Crippen molar-refractivity contribution in [2.75, 3.05) is 31.3 Å². The molecule has 0 saturated carbocycles. The average molecular weight is 420 g/mol. The molecular weight excluding hydrogens is 396 g/mol. The van der Waals surface area contributed by atoms with E-state index in [0.29, 0.717) is 28.3 Å². The zero-order valence-corrected chi connectivity index (χ0v) is 17.3. The quantitative estimate of drug-likeness (QED) is 0.520. The van der Waals surface area contributed by atoms with E-state index < -0.39 is 0 Å². The highest BCUT2D eigenvalue weighted by Crippen LogP contribution is 2.16. The van der Waals surface area contributed by atoms with E-state index in [1.54, 1.807) is 81.0 Å². The Hall–Kier alpha value is -4.07. The molecule has 3 N–H and O–H groups in total. The minimum atomic E-state index is -0.280. The van der Waals surface area contributed by atoms with E-state index in [4.69, 9.17) is 4.42 Å². The fraction of sp³-hybridized carbons (Fsp3) is 0.174. The summed E-state index contributed by atoms with van der Waals surface area (Å²) in [5, 5.41) is 8.54. The molecule has 2 aromatic carbocycles. The molecule has 0 aliphatic carbocycles. The molecule has 1 aromatic heterocycles. The highest BCUT2D eigenvalue weighted by Gasteiger charge is 2.13. The van der Waals surface area contributed by atoms with Gasteiger partial charge in [-0.1, -0.05) is 12.1 Å². The first-order chi connectivity index (χ1) is 14.9. The molecule has 0 bridgehead atoms. The van der Waals surface area contributed by atoms with E-state index in [1.165, 1.54) is 4.90 Å². The van der Waals surface area contributed by atoms with Crippen molar-refractivity contribution in [3.05, 3.63) is 83.8 Å². The van der Waals surface area contributed by atoms with Gasteiger partial charge in [0, 0.05) is 31.0 Å². The summed E-state index contributed by atoms with van der Waals surface area (Å²) >= 11 is 0. The van der Waals surface area contributed by atoms with E-state index in [2.05, 4.69) is 16.0 Å². The first-order valence-electron chi connectivity index (χ1n) is 9.69. The lowest BCUT2D eigenvalue weighted by molar-refractivity contribution is -0.114. The van der Waals surface area contributed by atoms with Crippen LogP contribution in [0.25, 0.3) is 0 Å². The van der Waals surface area contributed by atoms with Gasteiger partial charge in [0.2, 0.25) is 5.91 Å². The van der Waals surface area contributed by atoms with E-state index in [9.17, 15) is 14.4 Å². The van der Waals surface area contributed by atoms with E-state index in [-0.39, 0.29) is 30.8 Å². The Morgan fingerprint density at radius 2 is 1.68 bits per heavy atom. The Balaban J connectivity index is 1.55. The molecule has 0 radical (unpaired) electrons. The minimum absolute atomic E-state index is 0.0269. The number of nitrogens with zero attached hydrogens (tertiary/aromatic N) is 1. The van der Waals surface area contributed by atoms with Gasteiger partial charge in [-0.2, -0.15) is 0 Å². The Kier molecular flexibility index (Phi) is 7.05. The Labute approximate surface area is 180 Å². The summed E-state index contributed by atoms with van der Waals surface area (Å²) < 4.78 is 5.21. The van der Waals surface area contributed by atoms with Gasteiger partial charge in [0.05, 0.1) is 24.9 Å². The van der Waals surface area contributed by atoms with Crippen LogP contribution in [0.15, 0.2) is 71.3 Å². The molecule has 0 aliphatic rings. The largest absolute Gasteiger partial charge is 0.467 e. The standard InChI is InChI=1S/C23H24N4O4/c1-27(2)23(30)16-9-11-17(12-10-16)26-21(28)15-24-20-8-4-3-7-19(20)22(29)25-14-18-6-5-13-31-18/h3-13,24H,14-15H2,1-2H3,(H,25,29)(H,26,28). The van der Waals surface area contributed by atoms with Crippen molar-refractivity contribution in [3.63, 3.8) is 0 Å². The fourth-order valence-corrected chi connectivity index (χ4v) is 2.85. The Morgan fingerprint density at radius 3 is 2.35 bits per heavy atom. The van der Waals surface area contributed by atoms with Gasteiger partial charge in [0.1, 0.15) is 5.76 Å². The summed E-state index contributed by atoms with van der Waals surface area (Å²) in [5.74, 6) is -0.0171. The van der Waals surface area contributed by atoms with Crippen LogP contribution >= 0.6 is 0 Å². The van der Waals surface area contributed by atoms with Crippen molar-refractivity contribution in [2.24, 2.45) is 0 Å². The molecule has 0 atom stereocenters. The van der Waals surface area contributed by atoms with Crippen LogP contribution in [-0.4, -0.2) is 43.3 Å². The maximum Gasteiger partial charge on any atom is 0.253 e. The summed E-state index contributed by atoms with van der Waals surface area (Å²) in [7, 11) is 3.36. The fourth-order valence-electron chi connectivity index (χ4n) is 2.85. The number of hydrogen-bond donors (Lipinski definition) is 3. The predicted molar refractivity (Wildman–Crippen MR) is 118 cm³/mol. The monoisotopic (exact) mass is 420 g/mol. The van der Waals surface area contributed by atoms with Crippen molar-refractivity contribution >= 4 is 29.1 Å². The van der Waals surface area contributed by atoms with Crippen LogP contribution in [0.2, 0.25) is 0 Å². The van der Waals surface area contributed by atoms with Crippen molar-refractivity contribution in [1.29, 1.82) is 0 Å². The molecule has 8 heteroatoms. The summed E-state index contributed by atoms with van der Waals surface area (Å²) in [6, 6.07) is 17.1. The van der Waals surface area contributed by atoms with Gasteiger partial charge < -0.3 is 25.3 Å². The molecule has 1 heterocycles. The first-order valence-corrected chi connectivity index (χ1v) is 9.69. The summed E-state index contributed by atoms with van der Waals surface area (Å²) in [6.07, 6.45) is 1.54. The van der Waals surface area contributed by atoms with Crippen molar-refractivity contribution < 1.29 is 18.8 Å². The Morgan fingerprint density at radius 1 is 0.935 bits per heavy atom. The second kappa shape index (κ2) is 10.1. The highest BCUT2D eigenvalue weighted by atomic mass is 16.3. The molecule has 3 rings (SSSR count). The number of nitrogens with one attached hydrogen (secondary N) is 3. The molecule has 31 heavy (non-hydrogen) atoms. The molecule has 0 saturated heterocycles. The van der Waals surface area contributed by atoms with E-state index in [1.807, 2.05) is 0 Å². The second-order valence-corrected chi connectivity index (χ2v) is 6.99. The highest BCUT2D eigenvalue weighted by molar-refractivity contribution is 6.01. The Bertz CT molecular complexity index is 1040. The number of furan rings is 1. The number of hydrogen-bond acceptors (Lipinski definition) is 5. The summed E-state index contributed by atoms with van der Waals surface area (Å²) in [5.41, 5.74) is 2.08. The van der Waals surface area contributed by atoms with Gasteiger partial charge in [-0.15, -0.1) is 0 Å². The molecule has 0 spiro atoms. The number of carbonyl (C=O) groups is 3. The lowest BCUT2D eigenvalue weighted by Gasteiger charge is -2.13. The van der Waals surface area contributed by atoms with Crippen LogP contribution in [0, 0.1) is 0 Å². The number of rotatable bonds is 8. The van der Waals surface area contributed by atoms with Crippen LogP contribution in [0.4, 0.5) is 11.4 Å². The number of para-hydroxylation sites is 1. The summed E-state index contributed by atoms with van der Waals surface area (Å²) in [6.45, 7) is 0.244. The van der Waals surface area contributed by atoms with Crippen LogP contribution < -0.4 is 16.0 Å². The number of benzene rings is 2. The lowest BCUT2D eigenvalue weighted by Crippen LogP contribution is -2.26. The summed E-state index contributed by atoms with van der Waals surface area (Å²) in [4.78, 5) is 38.2. The molecule has 160 valence electrons. The van der Waals surface area contributed by atoms with Crippen molar-refractivity contribution in [2.45, 2.75) is 6.54 Å². The molecule has 0 aliphatic heterocycles. The van der Waals surface area contributed by atoms with Crippen LogP contribution in [0.1, 0.15) is 26.5 Å². The predicted octanol–water partition coefficient (Wildman–Crippen LogP) is 2.96. The van der Waals surface area contributed by atoms with Crippen molar-refractivity contribution in [1.82, 2.24) is 10.2 Å². The maximum atomic E-state index is 12.5. The van der Waals surface area contributed by atoms with Crippen LogP contribution in [0.3, 0.4) is 0 Å². The maximum absolute atomic E-state index is 12.5. The zero-order valence-electron chi connectivity index (χ0n) is 17.3. The SMILES string of the molecule is CN(C)C(=O)c1ccc(NC(=O)CNc2ccccc2C(=O)NCc2ccco2)cc1. The molecule has 3 aromatic rings. The molecule has 8 nitrogen and oxygen atoms in total. The third kappa shape index (κ3) is 5.96. The van der Waals surface area contributed by atoms with Crippen molar-refractivity contribution in [3.8, 4) is 0 Å². The number of amides is 3. The minimum Gasteiger partial charge on any atom is -0.467 e.